The van der Waals surface area contributed by atoms with Gasteiger partial charge in [0.25, 0.3) is 0 Å². The van der Waals surface area contributed by atoms with Crippen LogP contribution in [0.15, 0.2) is 78.9 Å². The number of hydrogen-bond acceptors (Lipinski definition) is 4. The number of methoxy groups -OCH3 is 1. The number of benzene rings is 3. The predicted octanol–water partition coefficient (Wildman–Crippen LogP) is 4.41. The quantitative estimate of drug-likeness (QED) is 0.567. The second-order valence-corrected chi connectivity index (χ2v) is 8.75. The van der Waals surface area contributed by atoms with Crippen LogP contribution in [0, 0.1) is 5.92 Å². The van der Waals surface area contributed by atoms with Gasteiger partial charge in [0.2, 0.25) is 0 Å². The molecule has 0 saturated carbocycles. The Morgan fingerprint density at radius 1 is 1.00 bits per heavy atom. The van der Waals surface area contributed by atoms with Gasteiger partial charge in [0.15, 0.2) is 2.82 Å². The number of nitrogens with zero attached hydrogens (tertiary/aromatic N) is 2. The number of ether oxygens (including phenoxy) is 1. The second kappa shape index (κ2) is 9.65. The number of hydrogen-bond donors (Lipinski definition) is 2. The zero-order valence-corrected chi connectivity index (χ0v) is 18.8. The largest absolute Gasteiger partial charge is 0.497 e. The Labute approximate surface area is 198 Å². The summed E-state index contributed by atoms with van der Waals surface area (Å²) >= 11 is 0. The van der Waals surface area contributed by atoms with Crippen LogP contribution < -0.4 is 15.6 Å². The van der Waals surface area contributed by atoms with Crippen LogP contribution in [0.4, 0.5) is 4.79 Å². The summed E-state index contributed by atoms with van der Waals surface area (Å²) in [6.45, 7) is 3.31. The zero-order chi connectivity index (χ0) is 24.4. The van der Waals surface area contributed by atoms with Gasteiger partial charge in [-0.15, -0.1) is 0 Å². The molecule has 2 aliphatic rings. The first-order valence-electron chi connectivity index (χ1n) is 12.3. The van der Waals surface area contributed by atoms with Crippen molar-refractivity contribution in [1.82, 2.24) is 20.6 Å². The molecule has 2 heterocycles. The summed E-state index contributed by atoms with van der Waals surface area (Å²) in [6.07, 6.45) is 0.378. The van der Waals surface area contributed by atoms with Gasteiger partial charge in [0.1, 0.15) is 11.9 Å². The first-order valence-corrected chi connectivity index (χ1v) is 11.4. The molecule has 2 saturated heterocycles. The molecular weight excluding hydrogens is 412 g/mol. The molecule has 0 radical (unpaired) electrons. The molecule has 1 unspecified atom stereocenters. The Balaban J connectivity index is 1.29. The molecular formula is C27H30N4O2. The average molecular weight is 445 g/mol. The molecule has 2 amide bonds. The molecule has 3 aromatic carbocycles. The molecule has 2 fully saturated rings. The maximum atomic E-state index is 12.9. The second-order valence-electron chi connectivity index (χ2n) is 8.75. The molecule has 0 aromatic heterocycles. The van der Waals surface area contributed by atoms with Gasteiger partial charge in [-0.1, -0.05) is 66.7 Å². The topological polar surface area (TPSA) is 56.8 Å². The summed E-state index contributed by atoms with van der Waals surface area (Å²) in [7, 11) is 1.65. The molecule has 0 aliphatic carbocycles. The minimum absolute atomic E-state index is 0.309. The van der Waals surface area contributed by atoms with Crippen LogP contribution in [0.25, 0.3) is 11.1 Å². The van der Waals surface area contributed by atoms with Crippen LogP contribution in [0.3, 0.4) is 0 Å². The van der Waals surface area contributed by atoms with Gasteiger partial charge in [-0.3, -0.25) is 10.3 Å². The summed E-state index contributed by atoms with van der Waals surface area (Å²) in [6, 6.07) is 25.7. The molecule has 33 heavy (non-hydrogen) atoms. The van der Waals surface area contributed by atoms with Crippen LogP contribution in [-0.2, 0) is 6.54 Å². The molecule has 2 atom stereocenters. The standard InChI is InChI=1S/C27H30N4O2/c1-33-25-13-11-23(12-14-25)22-7-9-24(10-8-22)26-28-29-27(32)31(26)19-21-15-16-30(18-21)17-20-5-3-2-4-6-20/h2-14,21,26,28H,15-19H2,1H3,(H,29,32)/t21-,26?/m1/s1/i/hD2. The molecule has 170 valence electrons. The predicted molar refractivity (Wildman–Crippen MR) is 129 cm³/mol. The number of nitrogens with one attached hydrogen (secondary N) is 2. The Morgan fingerprint density at radius 3 is 2.39 bits per heavy atom. The summed E-state index contributed by atoms with van der Waals surface area (Å²) in [5, 5.41) is 0. The van der Waals surface area contributed by atoms with Crippen LogP contribution >= 0.6 is 0 Å². The number of carbonyl (C=O) groups is 1. The van der Waals surface area contributed by atoms with Gasteiger partial charge in [-0.05, 0) is 53.3 Å². The van der Waals surface area contributed by atoms with Crippen molar-refractivity contribution in [2.75, 3.05) is 26.7 Å². The highest BCUT2D eigenvalue weighted by Gasteiger charge is 2.35. The number of urea groups is 1. The van der Waals surface area contributed by atoms with E-state index < -0.39 is 12.2 Å². The minimum atomic E-state index is -0.618. The minimum Gasteiger partial charge on any atom is -0.497 e. The Bertz CT molecular complexity index is 1140. The third-order valence-electron chi connectivity index (χ3n) is 6.50. The van der Waals surface area contributed by atoms with Crippen LogP contribution in [0.2, 0.25) is 2.82 Å². The summed E-state index contributed by atoms with van der Waals surface area (Å²) < 4.78 is 21.7. The van der Waals surface area contributed by atoms with E-state index in [1.807, 2.05) is 54.6 Å². The van der Waals surface area contributed by atoms with E-state index >= 15 is 0 Å². The molecule has 5 rings (SSSR count). The highest BCUT2D eigenvalue weighted by Crippen LogP contribution is 2.29. The maximum Gasteiger partial charge on any atom is 0.333 e. The molecule has 6 nitrogen and oxygen atoms in total. The lowest BCUT2D eigenvalue weighted by Gasteiger charge is -2.26. The van der Waals surface area contributed by atoms with Crippen molar-refractivity contribution in [2.24, 2.45) is 5.92 Å². The van der Waals surface area contributed by atoms with Gasteiger partial charge >= 0.3 is 6.03 Å². The van der Waals surface area contributed by atoms with Crippen molar-refractivity contribution < 1.29 is 12.4 Å². The number of carbonyl (C=O) groups excluding carboxylic acids is 1. The first kappa shape index (κ1) is 19.1. The first-order chi connectivity index (χ1) is 17.0. The van der Waals surface area contributed by atoms with E-state index in [4.69, 9.17) is 7.56 Å². The number of likely N-dealkylation sites (tertiary alicyclic amines) is 1. The van der Waals surface area contributed by atoms with E-state index in [1.165, 1.54) is 5.56 Å². The Hall–Kier alpha value is -3.35. The Morgan fingerprint density at radius 2 is 1.70 bits per heavy atom. The fourth-order valence-electron chi connectivity index (χ4n) is 4.71. The van der Waals surface area contributed by atoms with Crippen molar-refractivity contribution in [3.63, 3.8) is 0 Å². The summed E-state index contributed by atoms with van der Waals surface area (Å²) in [5.41, 5.74) is 5.82. The highest BCUT2D eigenvalue weighted by molar-refractivity contribution is 5.76. The molecule has 0 bridgehead atoms. The number of rotatable bonds is 7. The van der Waals surface area contributed by atoms with E-state index in [2.05, 4.69) is 29.2 Å². The fourth-order valence-corrected chi connectivity index (χ4v) is 4.71. The molecule has 2 N–H and O–H groups in total. The lowest BCUT2D eigenvalue weighted by atomic mass is 10.0. The number of amides is 2. The average Bonchev–Trinajstić information content (AvgIpc) is 3.42. The summed E-state index contributed by atoms with van der Waals surface area (Å²) in [5.74, 6) is 1.11. The van der Waals surface area contributed by atoms with Gasteiger partial charge in [0, 0.05) is 19.6 Å². The third-order valence-corrected chi connectivity index (χ3v) is 6.50. The molecule has 6 heteroatoms. The van der Waals surface area contributed by atoms with Crippen LogP contribution in [0.5, 0.6) is 5.75 Å². The van der Waals surface area contributed by atoms with E-state index in [-0.39, 0.29) is 0 Å². The van der Waals surface area contributed by atoms with Gasteiger partial charge in [-0.2, -0.15) is 0 Å². The fraction of sp³-hybridized carbons (Fsp3) is 0.296. The zero-order valence-electron chi connectivity index (χ0n) is 20.8. The molecule has 2 aliphatic heterocycles. The lowest BCUT2D eigenvalue weighted by molar-refractivity contribution is 0.186. The molecule has 0 spiro atoms. The van der Waals surface area contributed by atoms with Crippen molar-refractivity contribution in [3.05, 3.63) is 90.0 Å². The highest BCUT2D eigenvalue weighted by atomic mass is 16.5. The maximum absolute atomic E-state index is 12.9. The van der Waals surface area contributed by atoms with Crippen LogP contribution in [0.1, 0.15) is 23.7 Å². The number of hydrazine groups is 1. The van der Waals surface area contributed by atoms with Gasteiger partial charge in [-0.25, -0.2) is 10.2 Å². The van der Waals surface area contributed by atoms with E-state index in [9.17, 15) is 4.79 Å². The van der Waals surface area contributed by atoms with Gasteiger partial charge < -0.3 is 9.64 Å². The third kappa shape index (κ3) is 4.87. The van der Waals surface area contributed by atoms with E-state index in [1.54, 1.807) is 12.0 Å². The normalized spacial score (nSPS) is 22.5. The van der Waals surface area contributed by atoms with Crippen molar-refractivity contribution in [1.29, 1.82) is 0 Å². The SMILES string of the molecule is [2H]N1C(=O)N(C[C@@H]2CCN(Cc3ccccc3)C2)C(c2ccc(-c3ccc(OC)cc3)cc2)N1[2H]. The van der Waals surface area contributed by atoms with E-state index in [0.717, 1.165) is 53.9 Å². The van der Waals surface area contributed by atoms with Crippen molar-refractivity contribution >= 4 is 6.03 Å². The van der Waals surface area contributed by atoms with Crippen LogP contribution in [-0.4, -0.2) is 42.6 Å². The monoisotopic (exact) mass is 444 g/mol. The Kier molecular flexibility index (Phi) is 5.60. The van der Waals surface area contributed by atoms with Crippen molar-refractivity contribution in [2.45, 2.75) is 19.1 Å². The lowest BCUT2D eigenvalue weighted by Crippen LogP contribution is -2.35. The van der Waals surface area contributed by atoms with Crippen molar-refractivity contribution in [3.8, 4) is 16.9 Å². The van der Waals surface area contributed by atoms with Gasteiger partial charge in [0.05, 0.1) is 7.11 Å². The molecule has 3 aromatic rings. The van der Waals surface area contributed by atoms with E-state index in [0.29, 0.717) is 17.9 Å². The smallest absolute Gasteiger partial charge is 0.333 e. The summed E-state index contributed by atoms with van der Waals surface area (Å²) in [4.78, 5) is 17.0.